The highest BCUT2D eigenvalue weighted by Crippen LogP contribution is 2.38. The zero-order valence-corrected chi connectivity index (χ0v) is 13.2. The zero-order valence-electron chi connectivity index (χ0n) is 13.2. The van der Waals surface area contributed by atoms with Crippen LogP contribution in [0.1, 0.15) is 11.1 Å². The summed E-state index contributed by atoms with van der Waals surface area (Å²) in [4.78, 5) is 6.05. The Hall–Kier alpha value is -2.68. The van der Waals surface area contributed by atoms with Crippen LogP contribution in [-0.4, -0.2) is 38.2 Å². The number of rotatable bonds is 2. The molecule has 0 radical (unpaired) electrons. The minimum absolute atomic E-state index is 0.136. The first kappa shape index (κ1) is 15.8. The SMILES string of the molecule is Cn1nnc2c(N3CC(O)(c4cccc(C(F)(F)F)c4)C3)nccc21. The lowest BCUT2D eigenvalue weighted by molar-refractivity contribution is -0.137. The van der Waals surface area contributed by atoms with E-state index in [0.717, 1.165) is 17.6 Å². The molecule has 4 rings (SSSR count). The number of aryl methyl sites for hydroxylation is 1. The van der Waals surface area contributed by atoms with Gasteiger partial charge in [0.2, 0.25) is 0 Å². The standard InChI is InChI=1S/C16H14F3N5O/c1-23-12-5-6-20-14(13(12)21-22-23)24-8-15(25,9-24)10-3-2-4-11(7-10)16(17,18)19/h2-7,25H,8-9H2,1H3. The number of alkyl halides is 3. The van der Waals surface area contributed by atoms with Crippen LogP contribution in [0.5, 0.6) is 0 Å². The molecular weight excluding hydrogens is 335 g/mol. The smallest absolute Gasteiger partial charge is 0.381 e. The van der Waals surface area contributed by atoms with Crippen LogP contribution < -0.4 is 4.90 Å². The number of aromatic nitrogens is 4. The van der Waals surface area contributed by atoms with Crippen molar-refractivity contribution in [3.8, 4) is 0 Å². The summed E-state index contributed by atoms with van der Waals surface area (Å²) < 4.78 is 40.2. The maximum absolute atomic E-state index is 12.9. The van der Waals surface area contributed by atoms with Gasteiger partial charge in [-0.25, -0.2) is 9.67 Å². The van der Waals surface area contributed by atoms with Gasteiger partial charge in [0, 0.05) is 13.2 Å². The molecule has 0 aliphatic carbocycles. The average Bonchev–Trinajstić information content (AvgIpc) is 2.93. The Kier molecular flexibility index (Phi) is 3.26. The summed E-state index contributed by atoms with van der Waals surface area (Å²) in [6, 6.07) is 6.57. The average molecular weight is 349 g/mol. The monoisotopic (exact) mass is 349 g/mol. The van der Waals surface area contributed by atoms with Crippen molar-refractivity contribution in [2.45, 2.75) is 11.8 Å². The second-order valence-corrected chi connectivity index (χ2v) is 6.18. The van der Waals surface area contributed by atoms with Gasteiger partial charge in [0.25, 0.3) is 0 Å². The maximum Gasteiger partial charge on any atom is 0.416 e. The summed E-state index contributed by atoms with van der Waals surface area (Å²) in [5.74, 6) is 0.558. The van der Waals surface area contributed by atoms with Crippen LogP contribution in [0, 0.1) is 0 Å². The number of hydrogen-bond acceptors (Lipinski definition) is 5. The van der Waals surface area contributed by atoms with Gasteiger partial charge in [-0.2, -0.15) is 13.2 Å². The third-order valence-corrected chi connectivity index (χ3v) is 4.44. The molecule has 0 atom stereocenters. The van der Waals surface area contributed by atoms with Crippen molar-refractivity contribution in [2.75, 3.05) is 18.0 Å². The van der Waals surface area contributed by atoms with E-state index >= 15 is 0 Å². The normalized spacial score (nSPS) is 16.9. The van der Waals surface area contributed by atoms with Crippen LogP contribution >= 0.6 is 0 Å². The first-order valence-electron chi connectivity index (χ1n) is 7.57. The number of aliphatic hydroxyl groups is 1. The fraction of sp³-hybridized carbons (Fsp3) is 0.312. The van der Waals surface area contributed by atoms with Gasteiger partial charge in [-0.05, 0) is 23.8 Å². The summed E-state index contributed by atoms with van der Waals surface area (Å²) in [5, 5.41) is 18.7. The van der Waals surface area contributed by atoms with E-state index in [4.69, 9.17) is 0 Å². The number of nitrogens with zero attached hydrogens (tertiary/aromatic N) is 5. The van der Waals surface area contributed by atoms with E-state index in [9.17, 15) is 18.3 Å². The van der Waals surface area contributed by atoms with Gasteiger partial charge in [0.05, 0.1) is 24.2 Å². The van der Waals surface area contributed by atoms with E-state index in [1.165, 1.54) is 12.1 Å². The fourth-order valence-corrected chi connectivity index (χ4v) is 3.08. The molecule has 6 nitrogen and oxygen atoms in total. The molecule has 0 spiro atoms. The van der Waals surface area contributed by atoms with Gasteiger partial charge < -0.3 is 10.0 Å². The molecule has 1 saturated heterocycles. The Morgan fingerprint density at radius 1 is 1.20 bits per heavy atom. The summed E-state index contributed by atoms with van der Waals surface area (Å²) >= 11 is 0. The molecule has 0 bridgehead atoms. The van der Waals surface area contributed by atoms with Crippen LogP contribution in [0.2, 0.25) is 0 Å². The first-order chi connectivity index (χ1) is 11.8. The molecule has 1 N–H and O–H groups in total. The minimum Gasteiger partial charge on any atom is -0.381 e. The topological polar surface area (TPSA) is 67.1 Å². The van der Waals surface area contributed by atoms with Crippen molar-refractivity contribution in [1.82, 2.24) is 20.0 Å². The molecule has 1 aromatic carbocycles. The van der Waals surface area contributed by atoms with Crippen molar-refractivity contribution in [3.05, 3.63) is 47.7 Å². The van der Waals surface area contributed by atoms with Crippen LogP contribution in [0.25, 0.3) is 11.0 Å². The van der Waals surface area contributed by atoms with Gasteiger partial charge >= 0.3 is 6.18 Å². The summed E-state index contributed by atoms with van der Waals surface area (Å²) in [6.07, 6.45) is -2.83. The second-order valence-electron chi connectivity index (χ2n) is 6.18. The predicted molar refractivity (Wildman–Crippen MR) is 83.9 cm³/mol. The lowest BCUT2D eigenvalue weighted by Crippen LogP contribution is -2.60. The largest absolute Gasteiger partial charge is 0.416 e. The lowest BCUT2D eigenvalue weighted by atomic mass is 9.85. The highest BCUT2D eigenvalue weighted by atomic mass is 19.4. The molecule has 1 aliphatic heterocycles. The quantitative estimate of drug-likeness (QED) is 0.767. The third kappa shape index (κ3) is 2.51. The molecule has 3 heterocycles. The van der Waals surface area contributed by atoms with Gasteiger partial charge in [0.1, 0.15) is 5.60 Å². The minimum atomic E-state index is -4.44. The first-order valence-corrected chi connectivity index (χ1v) is 7.57. The molecule has 25 heavy (non-hydrogen) atoms. The lowest BCUT2D eigenvalue weighted by Gasteiger charge is -2.47. The Labute approximate surface area is 140 Å². The zero-order chi connectivity index (χ0) is 17.8. The van der Waals surface area contributed by atoms with Crippen molar-refractivity contribution >= 4 is 16.9 Å². The van der Waals surface area contributed by atoms with E-state index in [2.05, 4.69) is 15.3 Å². The molecule has 1 aliphatic rings. The number of fused-ring (bicyclic) bond motifs is 1. The van der Waals surface area contributed by atoms with Crippen molar-refractivity contribution < 1.29 is 18.3 Å². The van der Waals surface area contributed by atoms with Crippen molar-refractivity contribution in [1.29, 1.82) is 0 Å². The molecule has 3 aromatic rings. The van der Waals surface area contributed by atoms with Gasteiger partial charge in [-0.1, -0.05) is 17.3 Å². The number of halogens is 3. The second kappa shape index (κ2) is 5.16. The van der Waals surface area contributed by atoms with E-state index in [1.807, 2.05) is 0 Å². The molecule has 1 fully saturated rings. The van der Waals surface area contributed by atoms with Gasteiger partial charge in [-0.3, -0.25) is 0 Å². The van der Waals surface area contributed by atoms with Gasteiger partial charge in [-0.15, -0.1) is 5.10 Å². The number of benzene rings is 1. The molecule has 0 saturated carbocycles. The summed E-state index contributed by atoms with van der Waals surface area (Å²) in [6.45, 7) is 0.272. The molecule has 0 unspecified atom stereocenters. The van der Waals surface area contributed by atoms with Crippen molar-refractivity contribution in [2.24, 2.45) is 7.05 Å². The highest BCUT2D eigenvalue weighted by molar-refractivity contribution is 5.86. The van der Waals surface area contributed by atoms with Gasteiger partial charge in [0.15, 0.2) is 11.3 Å². The Balaban J connectivity index is 1.62. The van der Waals surface area contributed by atoms with E-state index < -0.39 is 17.3 Å². The third-order valence-electron chi connectivity index (χ3n) is 4.44. The number of β-amino-alcohol motifs (C(OH)–C–C–N with tert-alkyl or cyclic N) is 1. The van der Waals surface area contributed by atoms with Crippen LogP contribution in [-0.2, 0) is 18.8 Å². The molecule has 0 amide bonds. The van der Waals surface area contributed by atoms with E-state index in [1.54, 1.807) is 28.9 Å². The Morgan fingerprint density at radius 3 is 2.68 bits per heavy atom. The Morgan fingerprint density at radius 2 is 1.96 bits per heavy atom. The highest BCUT2D eigenvalue weighted by Gasteiger charge is 2.45. The van der Waals surface area contributed by atoms with E-state index in [0.29, 0.717) is 11.3 Å². The van der Waals surface area contributed by atoms with Crippen LogP contribution in [0.4, 0.5) is 19.0 Å². The maximum atomic E-state index is 12.9. The summed E-state index contributed by atoms with van der Waals surface area (Å²) in [7, 11) is 1.76. The van der Waals surface area contributed by atoms with E-state index in [-0.39, 0.29) is 18.7 Å². The van der Waals surface area contributed by atoms with Crippen LogP contribution in [0.3, 0.4) is 0 Å². The molecule has 2 aromatic heterocycles. The number of pyridine rings is 1. The number of anilines is 1. The molecule has 9 heteroatoms. The Bertz CT molecular complexity index is 946. The molecule has 130 valence electrons. The summed E-state index contributed by atoms with van der Waals surface area (Å²) in [5.41, 5.74) is -0.501. The molecular formula is C16H14F3N5O. The fourth-order valence-electron chi connectivity index (χ4n) is 3.08. The van der Waals surface area contributed by atoms with Crippen LogP contribution in [0.15, 0.2) is 36.5 Å². The van der Waals surface area contributed by atoms with Crippen molar-refractivity contribution in [3.63, 3.8) is 0 Å². The predicted octanol–water partition coefficient (Wildman–Crippen LogP) is 2.09. The number of hydrogen-bond donors (Lipinski definition) is 1.